The zero-order chi connectivity index (χ0) is 20.9. The van der Waals surface area contributed by atoms with Gasteiger partial charge in [0, 0.05) is 17.1 Å². The highest BCUT2D eigenvalue weighted by Crippen LogP contribution is 2.32. The second kappa shape index (κ2) is 9.09. The van der Waals surface area contributed by atoms with E-state index in [1.165, 1.54) is 0 Å². The average Bonchev–Trinajstić information content (AvgIpc) is 2.82. The Balaban J connectivity index is 1.79. The van der Waals surface area contributed by atoms with Gasteiger partial charge in [-0.05, 0) is 48.0 Å². The van der Waals surface area contributed by atoms with E-state index < -0.39 is 0 Å². The highest BCUT2D eigenvalue weighted by molar-refractivity contribution is 6.18. The molecular weight excluding hydrogens is 400 g/mol. The van der Waals surface area contributed by atoms with Crippen LogP contribution in [0.4, 0.5) is 5.69 Å². The van der Waals surface area contributed by atoms with Gasteiger partial charge in [-0.3, -0.25) is 4.99 Å². The maximum Gasteiger partial charge on any atom is 0.151 e. The lowest BCUT2D eigenvalue weighted by Crippen LogP contribution is -2.38. The molecule has 0 bridgehead atoms. The van der Waals surface area contributed by atoms with Gasteiger partial charge in [-0.1, -0.05) is 24.3 Å². The molecule has 0 radical (unpaired) electrons. The van der Waals surface area contributed by atoms with Crippen molar-refractivity contribution in [3.05, 3.63) is 82.9 Å². The Morgan fingerprint density at radius 1 is 0.900 bits per heavy atom. The summed E-state index contributed by atoms with van der Waals surface area (Å²) in [5.41, 5.74) is 2.05. The van der Waals surface area contributed by atoms with Crippen LogP contribution in [0.5, 0.6) is 17.2 Å². The SMILES string of the molecule is COc1ccc(N2C=c3cccc(OC)c3=NC2c2ccc(OCCCl)cc2)cc1. The Bertz CT molecular complexity index is 1110. The number of alkyl halides is 1. The number of para-hydroxylation sites is 1. The van der Waals surface area contributed by atoms with E-state index in [1.54, 1.807) is 14.2 Å². The minimum atomic E-state index is -0.246. The molecule has 0 fully saturated rings. The maximum atomic E-state index is 5.72. The van der Waals surface area contributed by atoms with Crippen molar-refractivity contribution in [2.45, 2.75) is 6.17 Å². The van der Waals surface area contributed by atoms with E-state index in [4.69, 9.17) is 30.8 Å². The summed E-state index contributed by atoms with van der Waals surface area (Å²) in [4.78, 5) is 7.20. The molecular formula is C24H23ClN2O3. The molecule has 0 saturated carbocycles. The second-order valence-corrected chi connectivity index (χ2v) is 7.12. The number of rotatable bonds is 7. The van der Waals surface area contributed by atoms with Crippen LogP contribution >= 0.6 is 11.6 Å². The molecule has 0 spiro atoms. The van der Waals surface area contributed by atoms with Gasteiger partial charge in [-0.25, -0.2) is 0 Å². The molecule has 4 rings (SSSR count). The van der Waals surface area contributed by atoms with Crippen molar-refractivity contribution in [3.8, 4) is 17.2 Å². The van der Waals surface area contributed by atoms with E-state index in [0.29, 0.717) is 12.5 Å². The van der Waals surface area contributed by atoms with Crippen LogP contribution in [0.25, 0.3) is 6.20 Å². The largest absolute Gasteiger partial charge is 0.497 e. The van der Waals surface area contributed by atoms with E-state index in [0.717, 1.165) is 39.1 Å². The van der Waals surface area contributed by atoms with Crippen LogP contribution in [-0.4, -0.2) is 26.7 Å². The predicted octanol–water partition coefficient (Wildman–Crippen LogP) is 3.90. The lowest BCUT2D eigenvalue weighted by molar-refractivity contribution is 0.342. The maximum absolute atomic E-state index is 5.72. The van der Waals surface area contributed by atoms with Gasteiger partial charge in [0.15, 0.2) is 6.17 Å². The molecule has 0 amide bonds. The standard InChI is InChI=1S/C24H23ClN2O3/c1-28-20-12-8-19(9-13-20)27-16-18-4-3-5-22(29-2)23(18)26-24(27)17-6-10-21(11-7-17)30-15-14-25/h3-13,16,24H,14-15H2,1-2H3. The van der Waals surface area contributed by atoms with Gasteiger partial charge < -0.3 is 19.1 Å². The van der Waals surface area contributed by atoms with Gasteiger partial charge in [0.1, 0.15) is 29.2 Å². The van der Waals surface area contributed by atoms with Crippen molar-refractivity contribution in [1.29, 1.82) is 0 Å². The Labute approximate surface area is 180 Å². The normalized spacial score (nSPS) is 14.9. The van der Waals surface area contributed by atoms with Gasteiger partial charge >= 0.3 is 0 Å². The molecule has 1 atom stereocenters. The zero-order valence-electron chi connectivity index (χ0n) is 16.9. The van der Waals surface area contributed by atoms with Gasteiger partial charge in [0.2, 0.25) is 0 Å². The molecule has 0 saturated heterocycles. The molecule has 3 aromatic rings. The molecule has 6 heteroatoms. The van der Waals surface area contributed by atoms with Gasteiger partial charge in [-0.2, -0.15) is 0 Å². The molecule has 0 N–H and O–H groups in total. The van der Waals surface area contributed by atoms with Crippen molar-refractivity contribution < 1.29 is 14.2 Å². The van der Waals surface area contributed by atoms with E-state index in [1.807, 2.05) is 66.7 Å². The fourth-order valence-corrected chi connectivity index (χ4v) is 3.53. The molecule has 1 unspecified atom stereocenters. The van der Waals surface area contributed by atoms with Crippen LogP contribution in [0, 0.1) is 0 Å². The predicted molar refractivity (Wildman–Crippen MR) is 119 cm³/mol. The summed E-state index contributed by atoms with van der Waals surface area (Å²) < 4.78 is 16.5. The molecule has 0 aliphatic carbocycles. The molecule has 1 heterocycles. The quantitative estimate of drug-likeness (QED) is 0.542. The number of hydrogen-bond acceptors (Lipinski definition) is 5. The van der Waals surface area contributed by atoms with Gasteiger partial charge in [0.05, 0.1) is 20.1 Å². The van der Waals surface area contributed by atoms with Crippen molar-refractivity contribution in [2.75, 3.05) is 31.6 Å². The van der Waals surface area contributed by atoms with Gasteiger partial charge in [-0.15, -0.1) is 11.6 Å². The van der Waals surface area contributed by atoms with E-state index in [-0.39, 0.29) is 6.17 Å². The molecule has 30 heavy (non-hydrogen) atoms. The topological polar surface area (TPSA) is 43.3 Å². The molecule has 0 aromatic heterocycles. The average molecular weight is 423 g/mol. The van der Waals surface area contributed by atoms with E-state index >= 15 is 0 Å². The third-order valence-electron chi connectivity index (χ3n) is 4.94. The molecule has 154 valence electrons. The van der Waals surface area contributed by atoms with Crippen LogP contribution in [0.1, 0.15) is 11.7 Å². The second-order valence-electron chi connectivity index (χ2n) is 6.74. The van der Waals surface area contributed by atoms with Crippen LogP contribution in [-0.2, 0) is 0 Å². The molecule has 1 aliphatic heterocycles. The van der Waals surface area contributed by atoms with Crippen molar-refractivity contribution in [3.63, 3.8) is 0 Å². The first kappa shape index (κ1) is 20.1. The zero-order valence-corrected chi connectivity index (χ0v) is 17.7. The number of nitrogens with zero attached hydrogens (tertiary/aromatic N) is 2. The Kier molecular flexibility index (Phi) is 6.10. The molecule has 3 aromatic carbocycles. The third-order valence-corrected chi connectivity index (χ3v) is 5.09. The van der Waals surface area contributed by atoms with Crippen LogP contribution < -0.4 is 29.7 Å². The number of ether oxygens (including phenoxy) is 3. The minimum Gasteiger partial charge on any atom is -0.497 e. The number of fused-ring (bicyclic) bond motifs is 1. The summed E-state index contributed by atoms with van der Waals surface area (Å²) in [6.07, 6.45) is 1.86. The van der Waals surface area contributed by atoms with Crippen molar-refractivity contribution in [2.24, 2.45) is 4.99 Å². The number of benzene rings is 3. The summed E-state index contributed by atoms with van der Waals surface area (Å²) in [7, 11) is 3.33. The number of anilines is 1. The highest BCUT2D eigenvalue weighted by Gasteiger charge is 2.22. The first-order valence-electron chi connectivity index (χ1n) is 9.67. The van der Waals surface area contributed by atoms with E-state index in [9.17, 15) is 0 Å². The monoisotopic (exact) mass is 422 g/mol. The Morgan fingerprint density at radius 3 is 2.30 bits per heavy atom. The summed E-state index contributed by atoms with van der Waals surface area (Å²) in [6.45, 7) is 0.477. The smallest absolute Gasteiger partial charge is 0.151 e. The lowest BCUT2D eigenvalue weighted by atomic mass is 10.1. The number of methoxy groups -OCH3 is 2. The van der Waals surface area contributed by atoms with Gasteiger partial charge in [0.25, 0.3) is 0 Å². The summed E-state index contributed by atoms with van der Waals surface area (Å²) in [5, 5.41) is 1.85. The molecule has 5 nitrogen and oxygen atoms in total. The summed E-state index contributed by atoms with van der Waals surface area (Å²) in [5.74, 6) is 2.81. The Morgan fingerprint density at radius 2 is 1.63 bits per heavy atom. The van der Waals surface area contributed by atoms with Crippen LogP contribution in [0.2, 0.25) is 0 Å². The first-order valence-corrected chi connectivity index (χ1v) is 10.2. The summed E-state index contributed by atoms with van der Waals surface area (Å²) >= 11 is 5.72. The Hall–Kier alpha value is -3.18. The summed E-state index contributed by atoms with van der Waals surface area (Å²) in [6, 6.07) is 21.8. The van der Waals surface area contributed by atoms with Crippen molar-refractivity contribution in [1.82, 2.24) is 0 Å². The van der Waals surface area contributed by atoms with Crippen LogP contribution in [0.3, 0.4) is 0 Å². The third kappa shape index (κ3) is 4.07. The number of hydrogen-bond donors (Lipinski definition) is 0. The molecule has 1 aliphatic rings. The first-order chi connectivity index (χ1) is 14.7. The number of halogens is 1. The minimum absolute atomic E-state index is 0.246. The fraction of sp³-hybridized carbons (Fsp3) is 0.208. The van der Waals surface area contributed by atoms with E-state index in [2.05, 4.69) is 11.1 Å². The highest BCUT2D eigenvalue weighted by atomic mass is 35.5. The lowest BCUT2D eigenvalue weighted by Gasteiger charge is -2.31. The van der Waals surface area contributed by atoms with Crippen LogP contribution in [0.15, 0.2) is 71.7 Å². The van der Waals surface area contributed by atoms with Crippen molar-refractivity contribution >= 4 is 23.5 Å². The fourth-order valence-electron chi connectivity index (χ4n) is 3.45.